The first-order chi connectivity index (χ1) is 12.5. The molecule has 0 fully saturated rings. The summed E-state index contributed by atoms with van der Waals surface area (Å²) in [6, 6.07) is 15.9. The highest BCUT2D eigenvalue weighted by molar-refractivity contribution is 6.07. The number of urea groups is 1. The van der Waals surface area contributed by atoms with E-state index in [0.29, 0.717) is 17.0 Å². The molecular formula is C21H22N2O3. The fourth-order valence-electron chi connectivity index (χ4n) is 3.09. The summed E-state index contributed by atoms with van der Waals surface area (Å²) in [4.78, 5) is 24.8. The van der Waals surface area contributed by atoms with Gasteiger partial charge in [-0.05, 0) is 32.4 Å². The van der Waals surface area contributed by atoms with Crippen LogP contribution in [0.4, 0.5) is 4.79 Å². The van der Waals surface area contributed by atoms with Crippen molar-refractivity contribution >= 4 is 17.5 Å². The predicted octanol–water partition coefficient (Wildman–Crippen LogP) is 3.83. The van der Waals surface area contributed by atoms with Gasteiger partial charge in [-0.1, -0.05) is 48.5 Å². The number of ether oxygens (including phenoxy) is 1. The molecule has 0 bridgehead atoms. The summed E-state index contributed by atoms with van der Waals surface area (Å²) in [5.41, 5.74) is 2.59. The molecule has 2 N–H and O–H groups in total. The molecule has 0 unspecified atom stereocenters. The molecule has 2 aromatic rings. The average molecular weight is 350 g/mol. The van der Waals surface area contributed by atoms with E-state index in [1.54, 1.807) is 0 Å². The Balaban J connectivity index is 2.17. The Morgan fingerprint density at radius 3 is 2.35 bits per heavy atom. The third-order valence-corrected chi connectivity index (χ3v) is 4.11. The van der Waals surface area contributed by atoms with Gasteiger partial charge in [-0.25, -0.2) is 4.79 Å². The third-order valence-electron chi connectivity index (χ3n) is 4.11. The minimum atomic E-state index is -0.577. The summed E-state index contributed by atoms with van der Waals surface area (Å²) in [6.45, 7) is 5.39. The number of ketones is 1. The van der Waals surface area contributed by atoms with Crippen LogP contribution in [0, 0.1) is 0 Å². The van der Waals surface area contributed by atoms with E-state index in [2.05, 4.69) is 10.6 Å². The van der Waals surface area contributed by atoms with Crippen LogP contribution in [-0.4, -0.2) is 17.9 Å². The zero-order chi connectivity index (χ0) is 18.7. The van der Waals surface area contributed by atoms with Gasteiger partial charge in [0, 0.05) is 11.1 Å². The summed E-state index contributed by atoms with van der Waals surface area (Å²) in [6.07, 6.45) is -0.0214. The van der Waals surface area contributed by atoms with Gasteiger partial charge in [0.25, 0.3) is 0 Å². The molecule has 0 spiro atoms. The Kier molecular flexibility index (Phi) is 5.07. The Morgan fingerprint density at radius 1 is 1.04 bits per heavy atom. The number of nitrogens with one attached hydrogen (secondary N) is 2. The van der Waals surface area contributed by atoms with Gasteiger partial charge >= 0.3 is 6.03 Å². The van der Waals surface area contributed by atoms with E-state index >= 15 is 0 Å². The van der Waals surface area contributed by atoms with Crippen molar-refractivity contribution in [1.82, 2.24) is 10.6 Å². The number of benzene rings is 2. The van der Waals surface area contributed by atoms with Crippen molar-refractivity contribution in [2.45, 2.75) is 32.9 Å². The Bertz CT molecular complexity index is 857. The molecule has 0 aliphatic carbocycles. The number of Topliss-reactive ketones (excluding diaryl/α,β-unsaturated/α-hetero) is 1. The van der Waals surface area contributed by atoms with E-state index in [9.17, 15) is 9.59 Å². The van der Waals surface area contributed by atoms with E-state index in [-0.39, 0.29) is 17.9 Å². The van der Waals surface area contributed by atoms with Crippen molar-refractivity contribution in [3.05, 3.63) is 71.3 Å². The fourth-order valence-corrected chi connectivity index (χ4v) is 3.09. The summed E-state index contributed by atoms with van der Waals surface area (Å²) < 4.78 is 5.90. The van der Waals surface area contributed by atoms with Gasteiger partial charge in [0.2, 0.25) is 0 Å². The molecule has 3 rings (SSSR count). The smallest absolute Gasteiger partial charge is 0.320 e. The van der Waals surface area contributed by atoms with Gasteiger partial charge in [0.15, 0.2) is 5.78 Å². The number of rotatable bonds is 5. The fraction of sp³-hybridized carbons (Fsp3) is 0.238. The topological polar surface area (TPSA) is 67.4 Å². The largest absolute Gasteiger partial charge is 0.491 e. The highest BCUT2D eigenvalue weighted by Gasteiger charge is 2.33. The van der Waals surface area contributed by atoms with Gasteiger partial charge in [-0.3, -0.25) is 4.79 Å². The minimum absolute atomic E-state index is 0.0214. The lowest BCUT2D eigenvalue weighted by Crippen LogP contribution is -2.44. The molecule has 0 radical (unpaired) electrons. The number of carbonyl (C=O) groups excluding carboxylic acids is 2. The van der Waals surface area contributed by atoms with Crippen LogP contribution in [-0.2, 0) is 4.79 Å². The maximum atomic E-state index is 12.5. The molecule has 26 heavy (non-hydrogen) atoms. The average Bonchev–Trinajstić information content (AvgIpc) is 2.61. The molecule has 1 heterocycles. The van der Waals surface area contributed by atoms with Gasteiger partial charge in [-0.2, -0.15) is 0 Å². The van der Waals surface area contributed by atoms with E-state index in [1.807, 2.05) is 68.4 Å². The molecule has 5 heteroatoms. The van der Waals surface area contributed by atoms with E-state index in [0.717, 1.165) is 11.1 Å². The summed E-state index contributed by atoms with van der Waals surface area (Å²) in [5.74, 6) is 0.543. The number of amides is 2. The number of hydrogen-bond donors (Lipinski definition) is 2. The number of para-hydroxylation sites is 1. The molecular weight excluding hydrogens is 328 g/mol. The summed E-state index contributed by atoms with van der Waals surface area (Å²) in [5, 5.41) is 5.66. The van der Waals surface area contributed by atoms with Crippen molar-refractivity contribution in [3.8, 4) is 5.75 Å². The number of hydrogen-bond acceptors (Lipinski definition) is 3. The monoisotopic (exact) mass is 350 g/mol. The molecule has 2 aromatic carbocycles. The first-order valence-electron chi connectivity index (χ1n) is 8.61. The maximum Gasteiger partial charge on any atom is 0.320 e. The van der Waals surface area contributed by atoms with Crippen LogP contribution in [0.2, 0.25) is 0 Å². The van der Waals surface area contributed by atoms with Crippen LogP contribution in [0.25, 0.3) is 5.70 Å². The SMILES string of the molecule is CC(=O)C1=C(c2ccccc2)NC(=O)N[C@H]1c1ccccc1OC(C)C. The Hall–Kier alpha value is -3.08. The van der Waals surface area contributed by atoms with Crippen molar-refractivity contribution < 1.29 is 14.3 Å². The van der Waals surface area contributed by atoms with Crippen molar-refractivity contribution in [3.63, 3.8) is 0 Å². The van der Waals surface area contributed by atoms with Crippen molar-refractivity contribution in [1.29, 1.82) is 0 Å². The molecule has 0 saturated heterocycles. The zero-order valence-electron chi connectivity index (χ0n) is 15.1. The predicted molar refractivity (Wildman–Crippen MR) is 101 cm³/mol. The lowest BCUT2D eigenvalue weighted by molar-refractivity contribution is -0.113. The molecule has 0 saturated carbocycles. The zero-order valence-corrected chi connectivity index (χ0v) is 15.1. The molecule has 1 aliphatic rings. The highest BCUT2D eigenvalue weighted by Crippen LogP contribution is 2.36. The first-order valence-corrected chi connectivity index (χ1v) is 8.61. The van der Waals surface area contributed by atoms with Crippen LogP contribution in [0.15, 0.2) is 60.2 Å². The number of carbonyl (C=O) groups is 2. The van der Waals surface area contributed by atoms with Gasteiger partial charge < -0.3 is 15.4 Å². The Labute approximate surface area is 153 Å². The second kappa shape index (κ2) is 7.44. The standard InChI is InChI=1S/C21H22N2O3/c1-13(2)26-17-12-8-7-11-16(17)20-18(14(3)24)19(22-21(25)23-20)15-9-5-4-6-10-15/h4-13,20H,1-3H3,(H2,22,23,25)/t20-/m0/s1. The van der Waals surface area contributed by atoms with Crippen molar-refractivity contribution in [2.24, 2.45) is 0 Å². The minimum Gasteiger partial charge on any atom is -0.491 e. The van der Waals surface area contributed by atoms with Crippen LogP contribution in [0.1, 0.15) is 37.9 Å². The summed E-state index contributed by atoms with van der Waals surface area (Å²) >= 11 is 0. The van der Waals surface area contributed by atoms with E-state index in [1.165, 1.54) is 6.92 Å². The van der Waals surface area contributed by atoms with Crippen LogP contribution < -0.4 is 15.4 Å². The molecule has 1 aliphatic heterocycles. The summed E-state index contributed by atoms with van der Waals surface area (Å²) in [7, 11) is 0. The lowest BCUT2D eigenvalue weighted by Gasteiger charge is -2.30. The van der Waals surface area contributed by atoms with Crippen LogP contribution in [0.5, 0.6) is 5.75 Å². The molecule has 1 atom stereocenters. The van der Waals surface area contributed by atoms with E-state index in [4.69, 9.17) is 4.74 Å². The molecule has 2 amide bonds. The Morgan fingerprint density at radius 2 is 1.69 bits per heavy atom. The van der Waals surface area contributed by atoms with Crippen molar-refractivity contribution in [2.75, 3.05) is 0 Å². The second-order valence-corrected chi connectivity index (χ2v) is 6.45. The van der Waals surface area contributed by atoms with Gasteiger partial charge in [0.1, 0.15) is 5.75 Å². The normalized spacial score (nSPS) is 16.9. The molecule has 134 valence electrons. The van der Waals surface area contributed by atoms with E-state index < -0.39 is 6.04 Å². The quantitative estimate of drug-likeness (QED) is 0.861. The van der Waals surface area contributed by atoms with Crippen LogP contribution in [0.3, 0.4) is 0 Å². The molecule has 5 nitrogen and oxygen atoms in total. The van der Waals surface area contributed by atoms with Gasteiger partial charge in [-0.15, -0.1) is 0 Å². The van der Waals surface area contributed by atoms with Crippen LogP contribution >= 0.6 is 0 Å². The second-order valence-electron chi connectivity index (χ2n) is 6.45. The maximum absolute atomic E-state index is 12.5. The first kappa shape index (κ1) is 17.7. The lowest BCUT2D eigenvalue weighted by atomic mass is 9.90. The molecule has 0 aromatic heterocycles. The highest BCUT2D eigenvalue weighted by atomic mass is 16.5. The third kappa shape index (κ3) is 3.61. The van der Waals surface area contributed by atoms with Gasteiger partial charge in [0.05, 0.1) is 17.8 Å².